The molecule has 1 unspecified atom stereocenters. The van der Waals surface area contributed by atoms with Crippen LogP contribution in [0.25, 0.3) is 0 Å². The minimum absolute atomic E-state index is 0.0599. The lowest BCUT2D eigenvalue weighted by Gasteiger charge is -2.13. The van der Waals surface area contributed by atoms with Gasteiger partial charge in [0.1, 0.15) is 0 Å². The molecule has 1 atom stereocenters. The third-order valence-electron chi connectivity index (χ3n) is 2.76. The van der Waals surface area contributed by atoms with Crippen LogP contribution in [0.3, 0.4) is 0 Å². The summed E-state index contributed by atoms with van der Waals surface area (Å²) in [6, 6.07) is 0.341. The van der Waals surface area contributed by atoms with E-state index in [2.05, 4.69) is 17.6 Å². The molecular weight excluding hydrogens is 218 g/mol. The molecule has 0 bridgehead atoms. The summed E-state index contributed by atoms with van der Waals surface area (Å²) in [6.45, 7) is 9.31. The summed E-state index contributed by atoms with van der Waals surface area (Å²) in [6.07, 6.45) is 1.97. The molecule has 100 valence electrons. The molecule has 5 nitrogen and oxygen atoms in total. The second-order valence-electron chi connectivity index (χ2n) is 4.47. The second kappa shape index (κ2) is 8.31. The highest BCUT2D eigenvalue weighted by molar-refractivity contribution is 5.76. The van der Waals surface area contributed by atoms with E-state index in [1.807, 2.05) is 11.8 Å². The summed E-state index contributed by atoms with van der Waals surface area (Å²) in [4.78, 5) is 13.2. The van der Waals surface area contributed by atoms with Crippen molar-refractivity contribution in [2.24, 2.45) is 0 Å². The van der Waals surface area contributed by atoms with Gasteiger partial charge >= 0.3 is 6.03 Å². The van der Waals surface area contributed by atoms with E-state index in [1.54, 1.807) is 0 Å². The number of nitrogens with one attached hydrogen (secondary N) is 2. The smallest absolute Gasteiger partial charge is 0.317 e. The standard InChI is InChI=1S/C12H25N3O2/c1-3-13-6-4-8-17-9-5-7-15-10-11(2)14-12(15)16/h11,13H,3-10H2,1-2H3,(H,14,16). The molecule has 1 fully saturated rings. The fourth-order valence-corrected chi connectivity index (χ4v) is 1.89. The van der Waals surface area contributed by atoms with Crippen molar-refractivity contribution < 1.29 is 9.53 Å². The molecule has 1 heterocycles. The highest BCUT2D eigenvalue weighted by Gasteiger charge is 2.24. The van der Waals surface area contributed by atoms with Crippen molar-refractivity contribution in [1.82, 2.24) is 15.5 Å². The zero-order valence-electron chi connectivity index (χ0n) is 11.0. The van der Waals surface area contributed by atoms with Crippen LogP contribution in [0.2, 0.25) is 0 Å². The first kappa shape index (κ1) is 14.3. The molecule has 1 saturated heterocycles. The minimum atomic E-state index is 0.0599. The van der Waals surface area contributed by atoms with E-state index in [0.29, 0.717) is 0 Å². The van der Waals surface area contributed by atoms with Crippen LogP contribution < -0.4 is 10.6 Å². The Kier molecular flexibility index (Phi) is 6.96. The Hall–Kier alpha value is -0.810. The Morgan fingerprint density at radius 1 is 1.47 bits per heavy atom. The molecule has 1 aliphatic rings. The van der Waals surface area contributed by atoms with Gasteiger partial charge in [0.15, 0.2) is 0 Å². The summed E-state index contributed by atoms with van der Waals surface area (Å²) in [5, 5.41) is 6.13. The maximum atomic E-state index is 11.4. The molecule has 0 aromatic heterocycles. The molecule has 0 radical (unpaired) electrons. The molecule has 1 aliphatic heterocycles. The van der Waals surface area contributed by atoms with Crippen LogP contribution in [-0.4, -0.2) is 56.4 Å². The first-order valence-electron chi connectivity index (χ1n) is 6.58. The Labute approximate surface area is 104 Å². The summed E-state index contributed by atoms with van der Waals surface area (Å²) in [7, 11) is 0. The predicted octanol–water partition coefficient (Wildman–Crippen LogP) is 0.806. The largest absolute Gasteiger partial charge is 0.381 e. The van der Waals surface area contributed by atoms with Crippen LogP contribution in [0.5, 0.6) is 0 Å². The lowest BCUT2D eigenvalue weighted by Crippen LogP contribution is -2.29. The predicted molar refractivity (Wildman–Crippen MR) is 68.2 cm³/mol. The minimum Gasteiger partial charge on any atom is -0.381 e. The number of amides is 2. The molecule has 0 spiro atoms. The van der Waals surface area contributed by atoms with Gasteiger partial charge in [-0.2, -0.15) is 0 Å². The van der Waals surface area contributed by atoms with E-state index in [1.165, 1.54) is 0 Å². The third kappa shape index (κ3) is 5.89. The number of hydrogen-bond acceptors (Lipinski definition) is 3. The van der Waals surface area contributed by atoms with Gasteiger partial charge in [0, 0.05) is 32.3 Å². The molecule has 0 saturated carbocycles. The summed E-state index contributed by atoms with van der Waals surface area (Å²) in [5.74, 6) is 0. The number of nitrogens with zero attached hydrogens (tertiary/aromatic N) is 1. The van der Waals surface area contributed by atoms with Gasteiger partial charge in [-0.15, -0.1) is 0 Å². The van der Waals surface area contributed by atoms with E-state index in [9.17, 15) is 4.79 Å². The summed E-state index contributed by atoms with van der Waals surface area (Å²) >= 11 is 0. The van der Waals surface area contributed by atoms with Gasteiger partial charge in [-0.05, 0) is 32.9 Å². The van der Waals surface area contributed by atoms with Crippen molar-refractivity contribution in [3.8, 4) is 0 Å². The number of urea groups is 1. The van der Waals surface area contributed by atoms with E-state index in [4.69, 9.17) is 4.74 Å². The van der Waals surface area contributed by atoms with Crippen LogP contribution in [0, 0.1) is 0 Å². The maximum Gasteiger partial charge on any atom is 0.317 e. The average Bonchev–Trinajstić information content (AvgIpc) is 2.61. The Morgan fingerprint density at radius 2 is 2.24 bits per heavy atom. The highest BCUT2D eigenvalue weighted by atomic mass is 16.5. The molecule has 0 aromatic rings. The number of ether oxygens (including phenoxy) is 1. The van der Waals surface area contributed by atoms with Crippen molar-refractivity contribution >= 4 is 6.03 Å². The van der Waals surface area contributed by atoms with Gasteiger partial charge < -0.3 is 20.3 Å². The van der Waals surface area contributed by atoms with Gasteiger partial charge in [-0.25, -0.2) is 4.79 Å². The zero-order chi connectivity index (χ0) is 12.5. The third-order valence-corrected chi connectivity index (χ3v) is 2.76. The first-order valence-corrected chi connectivity index (χ1v) is 6.58. The topological polar surface area (TPSA) is 53.6 Å². The number of carbonyl (C=O) groups is 1. The Balaban J connectivity index is 1.89. The highest BCUT2D eigenvalue weighted by Crippen LogP contribution is 2.03. The van der Waals surface area contributed by atoms with Gasteiger partial charge in [0.25, 0.3) is 0 Å². The van der Waals surface area contributed by atoms with E-state index < -0.39 is 0 Å². The van der Waals surface area contributed by atoms with Gasteiger partial charge in [0.2, 0.25) is 0 Å². The molecular formula is C12H25N3O2. The maximum absolute atomic E-state index is 11.4. The summed E-state index contributed by atoms with van der Waals surface area (Å²) < 4.78 is 5.50. The van der Waals surface area contributed by atoms with Gasteiger partial charge in [0.05, 0.1) is 0 Å². The zero-order valence-corrected chi connectivity index (χ0v) is 11.0. The summed E-state index contributed by atoms with van der Waals surface area (Å²) in [5.41, 5.74) is 0. The number of carbonyl (C=O) groups excluding carboxylic acids is 1. The van der Waals surface area contributed by atoms with Crippen molar-refractivity contribution in [2.75, 3.05) is 39.4 Å². The molecule has 1 rings (SSSR count). The average molecular weight is 243 g/mol. The van der Waals surface area contributed by atoms with Crippen molar-refractivity contribution in [1.29, 1.82) is 0 Å². The van der Waals surface area contributed by atoms with E-state index in [-0.39, 0.29) is 12.1 Å². The van der Waals surface area contributed by atoms with Crippen LogP contribution in [-0.2, 0) is 4.74 Å². The molecule has 5 heteroatoms. The van der Waals surface area contributed by atoms with E-state index >= 15 is 0 Å². The van der Waals surface area contributed by atoms with Gasteiger partial charge in [-0.1, -0.05) is 6.92 Å². The fraction of sp³-hybridized carbons (Fsp3) is 0.917. The molecule has 17 heavy (non-hydrogen) atoms. The molecule has 2 N–H and O–H groups in total. The van der Waals surface area contributed by atoms with Crippen LogP contribution >= 0.6 is 0 Å². The first-order chi connectivity index (χ1) is 8.24. The second-order valence-corrected chi connectivity index (χ2v) is 4.47. The Bertz CT molecular complexity index is 224. The monoisotopic (exact) mass is 243 g/mol. The lowest BCUT2D eigenvalue weighted by atomic mass is 10.3. The normalized spacial score (nSPS) is 19.8. The van der Waals surface area contributed by atoms with Crippen LogP contribution in [0.4, 0.5) is 4.79 Å². The van der Waals surface area contributed by atoms with Crippen molar-refractivity contribution in [3.63, 3.8) is 0 Å². The number of hydrogen-bond donors (Lipinski definition) is 2. The molecule has 0 aliphatic carbocycles. The van der Waals surface area contributed by atoms with E-state index in [0.717, 1.165) is 52.2 Å². The SMILES string of the molecule is CCNCCCOCCCN1CC(C)NC1=O. The Morgan fingerprint density at radius 3 is 2.88 bits per heavy atom. The lowest BCUT2D eigenvalue weighted by molar-refractivity contribution is 0.123. The molecule has 0 aromatic carbocycles. The quantitative estimate of drug-likeness (QED) is 0.589. The van der Waals surface area contributed by atoms with Crippen molar-refractivity contribution in [3.05, 3.63) is 0 Å². The van der Waals surface area contributed by atoms with Crippen LogP contribution in [0.15, 0.2) is 0 Å². The van der Waals surface area contributed by atoms with Crippen LogP contribution in [0.1, 0.15) is 26.7 Å². The van der Waals surface area contributed by atoms with Gasteiger partial charge in [-0.3, -0.25) is 0 Å². The van der Waals surface area contributed by atoms with Crippen molar-refractivity contribution in [2.45, 2.75) is 32.7 Å². The molecule has 2 amide bonds. The number of rotatable bonds is 9. The fourth-order valence-electron chi connectivity index (χ4n) is 1.89.